The lowest BCUT2D eigenvalue weighted by Crippen LogP contribution is -2.27. The van der Waals surface area contributed by atoms with Crippen molar-refractivity contribution in [2.75, 3.05) is 5.32 Å². The average molecular weight is 348 g/mol. The Morgan fingerprint density at radius 3 is 2.85 bits per heavy atom. The van der Waals surface area contributed by atoms with Gasteiger partial charge in [0.05, 0.1) is 5.39 Å². The number of aromatic nitrogens is 3. The van der Waals surface area contributed by atoms with Crippen LogP contribution in [-0.4, -0.2) is 26.7 Å². The highest BCUT2D eigenvalue weighted by molar-refractivity contribution is 5.98. The molecule has 7 heteroatoms. The zero-order valence-electron chi connectivity index (χ0n) is 13.9. The van der Waals surface area contributed by atoms with E-state index in [1.165, 1.54) is 0 Å². The van der Waals surface area contributed by atoms with E-state index in [0.29, 0.717) is 22.9 Å². The summed E-state index contributed by atoms with van der Waals surface area (Å²) < 4.78 is 1.08. The SMILES string of the molecule is O=C1CCCc2cc(C(=O)Cn3nnc4ccccc4c3=O)ccc2N1. The molecule has 0 atom stereocenters. The highest BCUT2D eigenvalue weighted by Crippen LogP contribution is 2.23. The molecular weight excluding hydrogens is 332 g/mol. The van der Waals surface area contributed by atoms with Crippen LogP contribution in [0.4, 0.5) is 5.69 Å². The number of carbonyl (C=O) groups is 2. The lowest BCUT2D eigenvalue weighted by atomic mass is 10.0. The first-order valence-electron chi connectivity index (χ1n) is 8.40. The molecule has 0 radical (unpaired) electrons. The summed E-state index contributed by atoms with van der Waals surface area (Å²) in [6, 6.07) is 12.1. The molecule has 4 rings (SSSR count). The number of hydrogen-bond acceptors (Lipinski definition) is 5. The molecule has 0 saturated heterocycles. The number of ketones is 1. The highest BCUT2D eigenvalue weighted by atomic mass is 16.2. The molecule has 2 heterocycles. The summed E-state index contributed by atoms with van der Waals surface area (Å²) in [5.74, 6) is -0.240. The van der Waals surface area contributed by atoms with Gasteiger partial charge in [0, 0.05) is 17.7 Å². The van der Waals surface area contributed by atoms with Gasteiger partial charge in [0.25, 0.3) is 5.56 Å². The molecule has 1 aromatic heterocycles. The van der Waals surface area contributed by atoms with Crippen molar-refractivity contribution in [3.05, 3.63) is 63.9 Å². The first-order valence-corrected chi connectivity index (χ1v) is 8.40. The number of hydrogen-bond donors (Lipinski definition) is 1. The van der Waals surface area contributed by atoms with Gasteiger partial charge in [0.2, 0.25) is 5.91 Å². The third kappa shape index (κ3) is 2.99. The lowest BCUT2D eigenvalue weighted by Gasteiger charge is -2.09. The molecule has 2 aromatic carbocycles. The monoisotopic (exact) mass is 348 g/mol. The van der Waals surface area contributed by atoms with Crippen LogP contribution >= 0.6 is 0 Å². The van der Waals surface area contributed by atoms with Gasteiger partial charge in [-0.15, -0.1) is 5.10 Å². The summed E-state index contributed by atoms with van der Waals surface area (Å²) in [4.78, 5) is 36.7. The van der Waals surface area contributed by atoms with Gasteiger partial charge in [-0.05, 0) is 48.7 Å². The third-order valence-electron chi connectivity index (χ3n) is 4.47. The van der Waals surface area contributed by atoms with Gasteiger partial charge in [0.15, 0.2) is 5.78 Å². The number of carbonyl (C=O) groups excluding carboxylic acids is 2. The first kappa shape index (κ1) is 16.1. The van der Waals surface area contributed by atoms with Crippen LogP contribution in [0.25, 0.3) is 10.9 Å². The maximum absolute atomic E-state index is 12.6. The molecule has 1 aliphatic rings. The van der Waals surface area contributed by atoms with Gasteiger partial charge in [0.1, 0.15) is 12.1 Å². The van der Waals surface area contributed by atoms with Gasteiger partial charge in [-0.1, -0.05) is 17.3 Å². The zero-order chi connectivity index (χ0) is 18.1. The normalized spacial score (nSPS) is 13.8. The molecule has 1 amide bonds. The van der Waals surface area contributed by atoms with Crippen LogP contribution in [0.2, 0.25) is 0 Å². The van der Waals surface area contributed by atoms with E-state index in [2.05, 4.69) is 15.6 Å². The largest absolute Gasteiger partial charge is 0.326 e. The molecule has 1 N–H and O–H groups in total. The molecule has 0 aliphatic carbocycles. The molecule has 130 valence electrons. The third-order valence-corrected chi connectivity index (χ3v) is 4.47. The van der Waals surface area contributed by atoms with E-state index in [0.717, 1.165) is 28.8 Å². The second-order valence-electron chi connectivity index (χ2n) is 6.27. The number of aryl methyl sites for hydroxylation is 1. The van der Waals surface area contributed by atoms with E-state index in [-0.39, 0.29) is 23.8 Å². The Bertz CT molecular complexity index is 1090. The fourth-order valence-corrected chi connectivity index (χ4v) is 3.10. The average Bonchev–Trinajstić information content (AvgIpc) is 2.84. The summed E-state index contributed by atoms with van der Waals surface area (Å²) in [6.07, 6.45) is 1.94. The first-order chi connectivity index (χ1) is 12.6. The topological polar surface area (TPSA) is 93.9 Å². The number of Topliss-reactive ketones (excluding diaryl/α,β-unsaturated/α-hetero) is 1. The molecule has 0 spiro atoms. The zero-order valence-corrected chi connectivity index (χ0v) is 13.9. The Balaban J connectivity index is 1.63. The maximum Gasteiger partial charge on any atom is 0.278 e. The summed E-state index contributed by atoms with van der Waals surface area (Å²) >= 11 is 0. The van der Waals surface area contributed by atoms with Crippen molar-refractivity contribution in [3.8, 4) is 0 Å². The van der Waals surface area contributed by atoms with Crippen molar-refractivity contribution in [2.45, 2.75) is 25.8 Å². The molecule has 0 bridgehead atoms. The Hall–Kier alpha value is -3.35. The number of nitrogens with one attached hydrogen (secondary N) is 1. The molecule has 0 unspecified atom stereocenters. The van der Waals surface area contributed by atoms with Gasteiger partial charge >= 0.3 is 0 Å². The molecule has 0 saturated carbocycles. The Kier molecular flexibility index (Phi) is 4.04. The fraction of sp³-hybridized carbons (Fsp3) is 0.211. The van der Waals surface area contributed by atoms with Crippen LogP contribution in [0.1, 0.15) is 28.8 Å². The van der Waals surface area contributed by atoms with Crippen molar-refractivity contribution >= 4 is 28.3 Å². The molecule has 1 aliphatic heterocycles. The quantitative estimate of drug-likeness (QED) is 0.730. The number of rotatable bonds is 3. The molecular formula is C19H16N4O3. The number of benzene rings is 2. The second-order valence-corrected chi connectivity index (χ2v) is 6.27. The standard InChI is InChI=1S/C19H16N4O3/c24-17(11-23-19(26)14-5-1-2-6-16(14)21-22-23)13-8-9-15-12(10-13)4-3-7-18(25)20-15/h1-2,5-6,8-10H,3-4,7,11H2,(H,20,25). The summed E-state index contributed by atoms with van der Waals surface area (Å²) in [5, 5.41) is 11.1. The Labute approximate surface area is 148 Å². The van der Waals surface area contributed by atoms with E-state index in [1.807, 2.05) is 0 Å². The lowest BCUT2D eigenvalue weighted by molar-refractivity contribution is -0.116. The highest BCUT2D eigenvalue weighted by Gasteiger charge is 2.16. The Morgan fingerprint density at radius 2 is 1.96 bits per heavy atom. The van der Waals surface area contributed by atoms with Crippen LogP contribution in [0.15, 0.2) is 47.3 Å². The van der Waals surface area contributed by atoms with Crippen LogP contribution in [0.5, 0.6) is 0 Å². The van der Waals surface area contributed by atoms with Crippen molar-refractivity contribution in [1.82, 2.24) is 15.0 Å². The van der Waals surface area contributed by atoms with Crippen molar-refractivity contribution in [3.63, 3.8) is 0 Å². The number of fused-ring (bicyclic) bond motifs is 2. The van der Waals surface area contributed by atoms with E-state index >= 15 is 0 Å². The van der Waals surface area contributed by atoms with Gasteiger partial charge < -0.3 is 5.32 Å². The molecule has 26 heavy (non-hydrogen) atoms. The fourth-order valence-electron chi connectivity index (χ4n) is 3.10. The van der Waals surface area contributed by atoms with Crippen molar-refractivity contribution in [1.29, 1.82) is 0 Å². The summed E-state index contributed by atoms with van der Waals surface area (Å²) in [6.45, 7) is -0.179. The van der Waals surface area contributed by atoms with Crippen molar-refractivity contribution < 1.29 is 9.59 Å². The molecule has 3 aromatic rings. The van der Waals surface area contributed by atoms with E-state index < -0.39 is 0 Å². The van der Waals surface area contributed by atoms with E-state index in [1.54, 1.807) is 42.5 Å². The van der Waals surface area contributed by atoms with Crippen molar-refractivity contribution in [2.24, 2.45) is 0 Å². The van der Waals surface area contributed by atoms with Crippen LogP contribution < -0.4 is 10.9 Å². The number of amides is 1. The minimum absolute atomic E-state index is 0.0131. The number of anilines is 1. The second kappa shape index (κ2) is 6.51. The summed E-state index contributed by atoms with van der Waals surface area (Å²) in [7, 11) is 0. The van der Waals surface area contributed by atoms with Gasteiger partial charge in [-0.3, -0.25) is 14.4 Å². The van der Waals surface area contributed by atoms with Gasteiger partial charge in [-0.2, -0.15) is 0 Å². The predicted molar refractivity (Wildman–Crippen MR) is 96.1 cm³/mol. The van der Waals surface area contributed by atoms with Crippen LogP contribution in [-0.2, 0) is 17.8 Å². The minimum Gasteiger partial charge on any atom is -0.326 e. The minimum atomic E-state index is -0.342. The maximum atomic E-state index is 12.6. The van der Waals surface area contributed by atoms with Crippen LogP contribution in [0, 0.1) is 0 Å². The molecule has 7 nitrogen and oxygen atoms in total. The number of nitrogens with zero attached hydrogens (tertiary/aromatic N) is 3. The van der Waals surface area contributed by atoms with Gasteiger partial charge in [-0.25, -0.2) is 4.68 Å². The predicted octanol–water partition coefficient (Wildman–Crippen LogP) is 1.95. The van der Waals surface area contributed by atoms with Crippen LogP contribution in [0.3, 0.4) is 0 Å². The van der Waals surface area contributed by atoms with E-state index in [4.69, 9.17) is 0 Å². The summed E-state index contributed by atoms with van der Waals surface area (Å²) in [5.41, 5.74) is 2.32. The van der Waals surface area contributed by atoms with E-state index in [9.17, 15) is 14.4 Å². The smallest absolute Gasteiger partial charge is 0.278 e. The Morgan fingerprint density at radius 1 is 1.12 bits per heavy atom. The molecule has 0 fully saturated rings.